The molecule has 0 spiro atoms. The Morgan fingerprint density at radius 2 is 0.878 bits per heavy atom. The van der Waals surface area contributed by atoms with E-state index in [1.54, 1.807) is 6.07 Å². The molecule has 4 nitrogen and oxygen atoms in total. The second-order valence-corrected chi connectivity index (χ2v) is 12.5. The van der Waals surface area contributed by atoms with Crippen LogP contribution in [0.1, 0.15) is 16.7 Å². The van der Waals surface area contributed by atoms with Crippen LogP contribution in [-0.2, 0) is 0 Å². The number of hydrogen-bond acceptors (Lipinski definition) is 2. The monoisotopic (exact) mass is 624 g/mol. The summed E-state index contributed by atoms with van der Waals surface area (Å²) in [6.07, 6.45) is 0. The van der Waals surface area contributed by atoms with Crippen molar-refractivity contribution in [2.24, 2.45) is 0 Å². The molecule has 2 aromatic heterocycles. The molecule has 9 aromatic rings. The van der Waals surface area contributed by atoms with E-state index >= 15 is 0 Å². The highest BCUT2D eigenvalue weighted by atomic mass is 15.0. The summed E-state index contributed by atoms with van der Waals surface area (Å²) < 4.78 is 4.73. The molecule has 0 bridgehead atoms. The number of hydrogen-bond donors (Lipinski definition) is 0. The van der Waals surface area contributed by atoms with Crippen molar-refractivity contribution in [3.05, 3.63) is 168 Å². The Hall–Kier alpha value is -6.88. The van der Waals surface area contributed by atoms with E-state index in [1.165, 1.54) is 32.6 Å². The van der Waals surface area contributed by atoms with Gasteiger partial charge in [-0.05, 0) is 101 Å². The van der Waals surface area contributed by atoms with Crippen molar-refractivity contribution in [2.45, 2.75) is 6.92 Å². The highest BCUT2D eigenvalue weighted by Gasteiger charge is 2.17. The lowest BCUT2D eigenvalue weighted by Gasteiger charge is -2.14. The van der Waals surface area contributed by atoms with E-state index in [4.69, 9.17) is 0 Å². The summed E-state index contributed by atoms with van der Waals surface area (Å²) in [5.74, 6) is 0. The van der Waals surface area contributed by atoms with Gasteiger partial charge in [0.1, 0.15) is 0 Å². The van der Waals surface area contributed by atoms with Crippen LogP contribution in [0.5, 0.6) is 0 Å². The normalized spacial score (nSPS) is 11.3. The van der Waals surface area contributed by atoms with Gasteiger partial charge in [-0.2, -0.15) is 10.5 Å². The van der Waals surface area contributed by atoms with Crippen LogP contribution in [0.3, 0.4) is 0 Å². The molecule has 0 unspecified atom stereocenters. The van der Waals surface area contributed by atoms with E-state index in [9.17, 15) is 10.5 Å². The van der Waals surface area contributed by atoms with Gasteiger partial charge in [0, 0.05) is 32.9 Å². The summed E-state index contributed by atoms with van der Waals surface area (Å²) in [5.41, 5.74) is 13.1. The molecule has 9 rings (SSSR count). The zero-order chi connectivity index (χ0) is 33.1. The van der Waals surface area contributed by atoms with E-state index in [0.29, 0.717) is 11.1 Å². The molecule has 0 saturated carbocycles. The lowest BCUT2D eigenvalue weighted by atomic mass is 9.91. The first-order chi connectivity index (χ1) is 24.1. The molecule has 0 aliphatic rings. The Kier molecular flexibility index (Phi) is 6.44. The highest BCUT2D eigenvalue weighted by Crippen LogP contribution is 2.38. The smallest absolute Gasteiger partial charge is 0.0992 e. The quantitative estimate of drug-likeness (QED) is 0.196. The maximum Gasteiger partial charge on any atom is 0.0992 e. The molecule has 0 atom stereocenters. The highest BCUT2D eigenvalue weighted by molar-refractivity contribution is 6.12. The molecule has 0 radical (unpaired) electrons. The van der Waals surface area contributed by atoms with Crippen molar-refractivity contribution in [3.63, 3.8) is 0 Å². The average molecular weight is 625 g/mol. The Morgan fingerprint density at radius 3 is 1.45 bits per heavy atom. The van der Waals surface area contributed by atoms with Crippen LogP contribution in [-0.4, -0.2) is 9.13 Å². The second-order valence-electron chi connectivity index (χ2n) is 12.5. The predicted molar refractivity (Wildman–Crippen MR) is 200 cm³/mol. The van der Waals surface area contributed by atoms with Crippen molar-refractivity contribution < 1.29 is 0 Å². The molecule has 0 saturated heterocycles. The zero-order valence-electron chi connectivity index (χ0n) is 26.7. The van der Waals surface area contributed by atoms with Crippen LogP contribution in [0, 0.1) is 29.6 Å². The number of benzene rings is 7. The van der Waals surface area contributed by atoms with Crippen molar-refractivity contribution in [1.82, 2.24) is 9.13 Å². The molecular formula is C45H28N4. The standard InChI is InChI=1S/C45H28N4/c1-29-36(12-8-13-37(29)33-24-30(27-46)23-31(25-33)28-47)32-17-19-34(20-18-32)48-44-16-7-4-11-40(44)41-26-35(21-22-45(41)48)49-42-14-5-2-9-38(42)39-10-3-6-15-43(39)49/h2-26H,1H3. The van der Waals surface area contributed by atoms with Gasteiger partial charge >= 0.3 is 0 Å². The predicted octanol–water partition coefficient (Wildman–Crippen LogP) is 11.3. The summed E-state index contributed by atoms with van der Waals surface area (Å²) in [6, 6.07) is 57.4. The van der Waals surface area contributed by atoms with Gasteiger partial charge in [-0.25, -0.2) is 0 Å². The lowest BCUT2D eigenvalue weighted by molar-refractivity contribution is 1.17. The number of nitrogens with zero attached hydrogens (tertiary/aromatic N) is 4. The number of nitriles is 2. The van der Waals surface area contributed by atoms with Crippen LogP contribution < -0.4 is 0 Å². The fraction of sp³-hybridized carbons (Fsp3) is 0.0222. The minimum atomic E-state index is 0.483. The summed E-state index contributed by atoms with van der Waals surface area (Å²) in [5, 5.41) is 24.0. The first-order valence-corrected chi connectivity index (χ1v) is 16.3. The number of rotatable bonds is 4. The summed E-state index contributed by atoms with van der Waals surface area (Å²) >= 11 is 0. The van der Waals surface area contributed by atoms with E-state index in [2.05, 4.69) is 156 Å². The number of aromatic nitrogens is 2. The number of fused-ring (bicyclic) bond motifs is 6. The van der Waals surface area contributed by atoms with Crippen molar-refractivity contribution in [1.29, 1.82) is 10.5 Å². The van der Waals surface area contributed by atoms with Crippen LogP contribution in [0.2, 0.25) is 0 Å². The minimum Gasteiger partial charge on any atom is -0.309 e. The molecular weight excluding hydrogens is 597 g/mol. The van der Waals surface area contributed by atoms with Crippen LogP contribution in [0.15, 0.2) is 152 Å². The minimum absolute atomic E-state index is 0.483. The van der Waals surface area contributed by atoms with E-state index in [1.807, 2.05) is 18.2 Å². The maximum atomic E-state index is 9.54. The average Bonchev–Trinajstić information content (AvgIpc) is 3.67. The second kappa shape index (κ2) is 11.1. The van der Waals surface area contributed by atoms with Crippen molar-refractivity contribution in [3.8, 4) is 45.8 Å². The van der Waals surface area contributed by atoms with Crippen LogP contribution in [0.25, 0.3) is 77.2 Å². The van der Waals surface area contributed by atoms with Gasteiger partial charge < -0.3 is 9.13 Å². The molecule has 0 aliphatic heterocycles. The number of para-hydroxylation sites is 3. The van der Waals surface area contributed by atoms with E-state index < -0.39 is 0 Å². The molecule has 0 aliphatic carbocycles. The Labute approximate surface area is 283 Å². The lowest BCUT2D eigenvalue weighted by Crippen LogP contribution is -1.96. The third-order valence-electron chi connectivity index (χ3n) is 9.77. The molecule has 4 heteroatoms. The van der Waals surface area contributed by atoms with Gasteiger partial charge in [-0.15, -0.1) is 0 Å². The van der Waals surface area contributed by atoms with Gasteiger partial charge in [-0.3, -0.25) is 0 Å². The van der Waals surface area contributed by atoms with Gasteiger partial charge in [-0.1, -0.05) is 84.9 Å². The summed E-state index contributed by atoms with van der Waals surface area (Å²) in [7, 11) is 0. The Morgan fingerprint density at radius 1 is 0.408 bits per heavy atom. The van der Waals surface area contributed by atoms with Crippen LogP contribution in [0.4, 0.5) is 0 Å². The Bertz CT molecular complexity index is 2770. The molecule has 7 aromatic carbocycles. The van der Waals surface area contributed by atoms with Crippen molar-refractivity contribution in [2.75, 3.05) is 0 Å². The first-order valence-electron chi connectivity index (χ1n) is 16.3. The third-order valence-corrected chi connectivity index (χ3v) is 9.77. The summed E-state index contributed by atoms with van der Waals surface area (Å²) in [6.45, 7) is 2.10. The molecule has 0 N–H and O–H groups in total. The SMILES string of the molecule is Cc1c(-c2ccc(-n3c4ccccc4c4cc(-n5c6ccccc6c6ccccc65)ccc43)cc2)cccc1-c1cc(C#N)cc(C#N)c1. The fourth-order valence-electron chi connectivity index (χ4n) is 7.54. The van der Waals surface area contributed by atoms with Crippen molar-refractivity contribution >= 4 is 43.6 Å². The largest absolute Gasteiger partial charge is 0.309 e. The molecule has 0 fully saturated rings. The molecule has 2 heterocycles. The topological polar surface area (TPSA) is 57.4 Å². The molecule has 228 valence electrons. The maximum absolute atomic E-state index is 9.54. The first kappa shape index (κ1) is 28.4. The molecule has 0 amide bonds. The van der Waals surface area contributed by atoms with E-state index in [-0.39, 0.29) is 0 Å². The van der Waals surface area contributed by atoms with Crippen LogP contribution >= 0.6 is 0 Å². The molecule has 49 heavy (non-hydrogen) atoms. The third kappa shape index (κ3) is 4.43. The van der Waals surface area contributed by atoms with Gasteiger partial charge in [0.15, 0.2) is 0 Å². The van der Waals surface area contributed by atoms with Gasteiger partial charge in [0.25, 0.3) is 0 Å². The van der Waals surface area contributed by atoms with Gasteiger partial charge in [0.2, 0.25) is 0 Å². The van der Waals surface area contributed by atoms with E-state index in [0.717, 1.165) is 50.2 Å². The summed E-state index contributed by atoms with van der Waals surface area (Å²) in [4.78, 5) is 0. The fourth-order valence-corrected chi connectivity index (χ4v) is 7.54. The Balaban J connectivity index is 1.16. The van der Waals surface area contributed by atoms with Gasteiger partial charge in [0.05, 0.1) is 45.3 Å². The zero-order valence-corrected chi connectivity index (χ0v) is 26.7.